The van der Waals surface area contributed by atoms with Crippen molar-refractivity contribution in [2.75, 3.05) is 7.11 Å². The molecule has 0 aliphatic heterocycles. The monoisotopic (exact) mass is 186 g/mol. The summed E-state index contributed by atoms with van der Waals surface area (Å²) in [6, 6.07) is 0. The van der Waals surface area contributed by atoms with Gasteiger partial charge in [0.05, 0.1) is 6.61 Å². The van der Waals surface area contributed by atoms with Crippen LogP contribution in [0.15, 0.2) is 6.20 Å². The van der Waals surface area contributed by atoms with Crippen molar-refractivity contribution >= 4 is 11.3 Å². The van der Waals surface area contributed by atoms with Crippen LogP contribution < -0.4 is 5.73 Å². The Kier molecular flexibility index (Phi) is 2.82. The van der Waals surface area contributed by atoms with Gasteiger partial charge in [0.15, 0.2) is 0 Å². The lowest BCUT2D eigenvalue weighted by molar-refractivity contribution is 0.184. The second-order valence-corrected chi connectivity index (χ2v) is 4.39. The zero-order chi connectivity index (χ0) is 9.19. The van der Waals surface area contributed by atoms with E-state index in [9.17, 15) is 0 Å². The lowest BCUT2D eigenvalue weighted by atomic mass is 10.1. The van der Waals surface area contributed by atoms with Gasteiger partial charge in [0.1, 0.15) is 5.01 Å². The molecule has 12 heavy (non-hydrogen) atoms. The molecule has 0 atom stereocenters. The number of nitrogens with zero attached hydrogens (tertiary/aromatic N) is 1. The van der Waals surface area contributed by atoms with Crippen molar-refractivity contribution in [3.63, 3.8) is 0 Å². The molecule has 0 saturated carbocycles. The largest absolute Gasteiger partial charge is 0.378 e. The van der Waals surface area contributed by atoms with Crippen molar-refractivity contribution in [1.29, 1.82) is 0 Å². The van der Waals surface area contributed by atoms with Crippen LogP contribution in [0.2, 0.25) is 0 Å². The van der Waals surface area contributed by atoms with Gasteiger partial charge < -0.3 is 10.5 Å². The molecule has 3 nitrogen and oxygen atoms in total. The zero-order valence-corrected chi connectivity index (χ0v) is 8.44. The van der Waals surface area contributed by atoms with E-state index in [-0.39, 0.29) is 5.54 Å². The Bertz CT molecular complexity index is 252. The molecule has 0 amide bonds. The molecule has 0 fully saturated rings. The van der Waals surface area contributed by atoms with E-state index >= 15 is 0 Å². The summed E-state index contributed by atoms with van der Waals surface area (Å²) >= 11 is 1.60. The number of rotatable bonds is 3. The van der Waals surface area contributed by atoms with Gasteiger partial charge in [-0.05, 0) is 13.8 Å². The number of hydrogen-bond acceptors (Lipinski definition) is 4. The Morgan fingerprint density at radius 1 is 1.67 bits per heavy atom. The third-order valence-corrected chi connectivity index (χ3v) is 2.77. The Balaban J connectivity index is 2.77. The predicted octanol–water partition coefficient (Wildman–Crippen LogP) is 1.48. The summed E-state index contributed by atoms with van der Waals surface area (Å²) in [6.07, 6.45) is 1.82. The van der Waals surface area contributed by atoms with Crippen LogP contribution in [-0.2, 0) is 16.9 Å². The van der Waals surface area contributed by atoms with E-state index in [4.69, 9.17) is 10.5 Å². The normalized spacial score (nSPS) is 12.0. The van der Waals surface area contributed by atoms with E-state index in [0.29, 0.717) is 6.61 Å². The van der Waals surface area contributed by atoms with Crippen molar-refractivity contribution in [2.24, 2.45) is 5.73 Å². The van der Waals surface area contributed by atoms with E-state index in [1.807, 2.05) is 20.0 Å². The summed E-state index contributed by atoms with van der Waals surface area (Å²) in [5.74, 6) is 0. The summed E-state index contributed by atoms with van der Waals surface area (Å²) in [5, 5.41) is 0.978. The molecule has 0 unspecified atom stereocenters. The number of hydrogen-bond donors (Lipinski definition) is 1. The van der Waals surface area contributed by atoms with Crippen molar-refractivity contribution < 1.29 is 4.74 Å². The maximum atomic E-state index is 5.90. The minimum absolute atomic E-state index is 0.288. The van der Waals surface area contributed by atoms with E-state index in [0.717, 1.165) is 9.88 Å². The molecule has 68 valence electrons. The highest BCUT2D eigenvalue weighted by Crippen LogP contribution is 2.23. The van der Waals surface area contributed by atoms with Crippen LogP contribution in [0.5, 0.6) is 0 Å². The van der Waals surface area contributed by atoms with Crippen LogP contribution in [0.4, 0.5) is 0 Å². The van der Waals surface area contributed by atoms with Gasteiger partial charge in [-0.15, -0.1) is 11.3 Å². The molecule has 1 heterocycles. The maximum absolute atomic E-state index is 5.90. The van der Waals surface area contributed by atoms with Crippen LogP contribution in [0, 0.1) is 0 Å². The molecule has 4 heteroatoms. The van der Waals surface area contributed by atoms with Gasteiger partial charge in [0.25, 0.3) is 0 Å². The third-order valence-electron chi connectivity index (χ3n) is 1.46. The van der Waals surface area contributed by atoms with Crippen LogP contribution in [0.25, 0.3) is 0 Å². The topological polar surface area (TPSA) is 48.1 Å². The highest BCUT2D eigenvalue weighted by atomic mass is 32.1. The molecule has 1 aromatic heterocycles. The van der Waals surface area contributed by atoms with Crippen LogP contribution in [0.1, 0.15) is 23.7 Å². The second-order valence-electron chi connectivity index (χ2n) is 3.27. The van der Waals surface area contributed by atoms with Crippen LogP contribution in [0.3, 0.4) is 0 Å². The smallest absolute Gasteiger partial charge is 0.119 e. The first-order valence-corrected chi connectivity index (χ1v) is 4.58. The predicted molar refractivity (Wildman–Crippen MR) is 50.0 cm³/mol. The number of methoxy groups -OCH3 is 1. The Hall–Kier alpha value is -0.450. The van der Waals surface area contributed by atoms with E-state index in [1.54, 1.807) is 18.4 Å². The summed E-state index contributed by atoms with van der Waals surface area (Å²) in [6.45, 7) is 4.51. The molecule has 0 aromatic carbocycles. The van der Waals surface area contributed by atoms with E-state index in [1.165, 1.54) is 0 Å². The van der Waals surface area contributed by atoms with E-state index in [2.05, 4.69) is 4.98 Å². The van der Waals surface area contributed by atoms with Crippen molar-refractivity contribution in [2.45, 2.75) is 26.0 Å². The van der Waals surface area contributed by atoms with Crippen molar-refractivity contribution in [1.82, 2.24) is 4.98 Å². The van der Waals surface area contributed by atoms with Gasteiger partial charge in [-0.1, -0.05) is 0 Å². The SMILES string of the molecule is COCc1ncc(C(C)(C)N)s1. The van der Waals surface area contributed by atoms with E-state index < -0.39 is 0 Å². The number of thiazole rings is 1. The maximum Gasteiger partial charge on any atom is 0.119 e. The molecule has 0 radical (unpaired) electrons. The molecule has 0 spiro atoms. The lowest BCUT2D eigenvalue weighted by Crippen LogP contribution is -2.27. The molecule has 0 saturated heterocycles. The van der Waals surface area contributed by atoms with Gasteiger partial charge in [-0.25, -0.2) is 4.98 Å². The zero-order valence-electron chi connectivity index (χ0n) is 7.63. The first kappa shape index (κ1) is 9.64. The fourth-order valence-electron chi connectivity index (χ4n) is 0.798. The van der Waals surface area contributed by atoms with Gasteiger partial charge in [0, 0.05) is 23.7 Å². The third kappa shape index (κ3) is 2.27. The van der Waals surface area contributed by atoms with Gasteiger partial charge >= 0.3 is 0 Å². The Morgan fingerprint density at radius 2 is 2.33 bits per heavy atom. The highest BCUT2D eigenvalue weighted by Gasteiger charge is 2.17. The van der Waals surface area contributed by atoms with Gasteiger partial charge in [-0.3, -0.25) is 0 Å². The molecular formula is C8H14N2OS. The Morgan fingerprint density at radius 3 is 2.75 bits per heavy atom. The fraction of sp³-hybridized carbons (Fsp3) is 0.625. The lowest BCUT2D eigenvalue weighted by Gasteiger charge is -2.14. The molecule has 1 rings (SSSR count). The molecule has 2 N–H and O–H groups in total. The first-order chi connectivity index (χ1) is 5.54. The quantitative estimate of drug-likeness (QED) is 0.778. The van der Waals surface area contributed by atoms with Crippen molar-refractivity contribution in [3.8, 4) is 0 Å². The van der Waals surface area contributed by atoms with Crippen molar-refractivity contribution in [3.05, 3.63) is 16.1 Å². The number of nitrogens with two attached hydrogens (primary N) is 1. The molecule has 0 aliphatic carbocycles. The molecule has 1 aromatic rings. The van der Waals surface area contributed by atoms with Gasteiger partial charge in [-0.2, -0.15) is 0 Å². The summed E-state index contributed by atoms with van der Waals surface area (Å²) < 4.78 is 4.96. The summed E-state index contributed by atoms with van der Waals surface area (Å²) in [4.78, 5) is 5.28. The van der Waals surface area contributed by atoms with Gasteiger partial charge in [0.2, 0.25) is 0 Å². The molecule has 0 bridgehead atoms. The van der Waals surface area contributed by atoms with Crippen LogP contribution in [-0.4, -0.2) is 12.1 Å². The van der Waals surface area contributed by atoms with Crippen LogP contribution >= 0.6 is 11.3 Å². The minimum atomic E-state index is -0.288. The highest BCUT2D eigenvalue weighted by molar-refractivity contribution is 7.11. The number of aromatic nitrogens is 1. The summed E-state index contributed by atoms with van der Waals surface area (Å²) in [5.41, 5.74) is 5.61. The number of ether oxygens (including phenoxy) is 1. The fourth-order valence-corrected chi connectivity index (χ4v) is 1.70. The molecule has 0 aliphatic rings. The summed E-state index contributed by atoms with van der Waals surface area (Å²) in [7, 11) is 1.66. The average molecular weight is 186 g/mol. The Labute approximate surface area is 76.6 Å². The standard InChI is InChI=1S/C8H14N2OS/c1-8(2,9)6-4-10-7(12-6)5-11-3/h4H,5,9H2,1-3H3. The average Bonchev–Trinajstić information content (AvgIpc) is 2.35. The molecular weight excluding hydrogens is 172 g/mol. The minimum Gasteiger partial charge on any atom is -0.378 e. The second kappa shape index (κ2) is 3.51. The first-order valence-electron chi connectivity index (χ1n) is 3.77.